The van der Waals surface area contributed by atoms with Crippen molar-refractivity contribution < 1.29 is 10.2 Å². The van der Waals surface area contributed by atoms with Crippen LogP contribution >= 0.6 is 0 Å². The second kappa shape index (κ2) is 2.46. The summed E-state index contributed by atoms with van der Waals surface area (Å²) in [5.41, 5.74) is -0.772. The van der Waals surface area contributed by atoms with Crippen molar-refractivity contribution in [3.05, 3.63) is 0 Å². The fraction of sp³-hybridized carbons (Fsp3) is 1.00. The highest BCUT2D eigenvalue weighted by Crippen LogP contribution is 2.60. The van der Waals surface area contributed by atoms with Crippen molar-refractivity contribution in [2.24, 2.45) is 17.3 Å². The summed E-state index contributed by atoms with van der Waals surface area (Å²) in [6.07, 6.45) is -0.595. The van der Waals surface area contributed by atoms with Crippen LogP contribution in [-0.2, 0) is 0 Å². The summed E-state index contributed by atoms with van der Waals surface area (Å²) in [7, 11) is 0. The monoisotopic (exact) mass is 172 g/mol. The molecule has 3 unspecified atom stereocenters. The van der Waals surface area contributed by atoms with Gasteiger partial charge in [-0.3, -0.25) is 0 Å². The van der Waals surface area contributed by atoms with Crippen LogP contribution in [0.4, 0.5) is 0 Å². The first kappa shape index (κ1) is 10.0. The molecule has 1 aliphatic rings. The molecular weight excluding hydrogens is 152 g/mol. The molecule has 0 bridgehead atoms. The van der Waals surface area contributed by atoms with Crippen LogP contribution < -0.4 is 0 Å². The van der Waals surface area contributed by atoms with Gasteiger partial charge in [-0.2, -0.15) is 0 Å². The van der Waals surface area contributed by atoms with E-state index >= 15 is 0 Å². The lowest BCUT2D eigenvalue weighted by Gasteiger charge is -2.25. The lowest BCUT2D eigenvalue weighted by atomic mass is 9.94. The third-order valence-electron chi connectivity index (χ3n) is 3.53. The lowest BCUT2D eigenvalue weighted by Crippen LogP contribution is -2.38. The van der Waals surface area contributed by atoms with Gasteiger partial charge < -0.3 is 10.2 Å². The Labute approximate surface area is 74.6 Å². The van der Waals surface area contributed by atoms with Crippen LogP contribution in [0, 0.1) is 17.3 Å². The van der Waals surface area contributed by atoms with E-state index in [1.165, 1.54) is 0 Å². The van der Waals surface area contributed by atoms with Gasteiger partial charge in [-0.05, 0) is 31.1 Å². The molecule has 0 saturated heterocycles. The molecule has 2 N–H and O–H groups in total. The molecule has 0 aliphatic heterocycles. The zero-order valence-corrected chi connectivity index (χ0v) is 8.63. The van der Waals surface area contributed by atoms with E-state index in [4.69, 9.17) is 0 Å². The Morgan fingerprint density at radius 1 is 1.33 bits per heavy atom. The van der Waals surface area contributed by atoms with Crippen LogP contribution in [0.2, 0.25) is 0 Å². The molecule has 2 heteroatoms. The Bertz CT molecular complexity index is 169. The maximum absolute atomic E-state index is 9.78. The van der Waals surface area contributed by atoms with Gasteiger partial charge in [-0.25, -0.2) is 0 Å². The van der Waals surface area contributed by atoms with Crippen molar-refractivity contribution in [3.8, 4) is 0 Å². The maximum Gasteiger partial charge on any atom is 0.0857 e. The van der Waals surface area contributed by atoms with E-state index in [-0.39, 0.29) is 11.3 Å². The van der Waals surface area contributed by atoms with Gasteiger partial charge in [0.1, 0.15) is 0 Å². The molecule has 1 rings (SSSR count). The van der Waals surface area contributed by atoms with E-state index in [1.54, 1.807) is 13.8 Å². The van der Waals surface area contributed by atoms with Crippen molar-refractivity contribution in [2.75, 3.05) is 0 Å². The van der Waals surface area contributed by atoms with Gasteiger partial charge in [0, 0.05) is 0 Å². The van der Waals surface area contributed by atoms with Crippen molar-refractivity contribution in [1.82, 2.24) is 0 Å². The van der Waals surface area contributed by atoms with Gasteiger partial charge >= 0.3 is 0 Å². The van der Waals surface area contributed by atoms with Crippen LogP contribution in [0.5, 0.6) is 0 Å². The van der Waals surface area contributed by atoms with Gasteiger partial charge in [0.25, 0.3) is 0 Å². The molecule has 12 heavy (non-hydrogen) atoms. The molecule has 0 aromatic heterocycles. The van der Waals surface area contributed by atoms with E-state index in [1.807, 2.05) is 0 Å². The van der Waals surface area contributed by atoms with Gasteiger partial charge in [-0.1, -0.05) is 20.8 Å². The SMILES string of the molecule is CC1C(C(O)C(C)(C)O)C1(C)C. The van der Waals surface area contributed by atoms with E-state index < -0.39 is 11.7 Å². The summed E-state index contributed by atoms with van der Waals surface area (Å²) in [5.74, 6) is 0.761. The fourth-order valence-electron chi connectivity index (χ4n) is 2.06. The average molecular weight is 172 g/mol. The summed E-state index contributed by atoms with van der Waals surface area (Å²) in [6, 6.07) is 0. The van der Waals surface area contributed by atoms with Crippen molar-refractivity contribution in [2.45, 2.75) is 46.3 Å². The Morgan fingerprint density at radius 3 is 1.75 bits per heavy atom. The number of rotatable bonds is 2. The molecule has 0 amide bonds. The van der Waals surface area contributed by atoms with Crippen molar-refractivity contribution >= 4 is 0 Å². The molecule has 1 aliphatic carbocycles. The molecule has 0 spiro atoms. The third kappa shape index (κ3) is 1.38. The number of aliphatic hydroxyl groups is 2. The van der Waals surface area contributed by atoms with Crippen LogP contribution in [-0.4, -0.2) is 21.9 Å². The summed E-state index contributed by atoms with van der Waals surface area (Å²) in [4.78, 5) is 0. The summed E-state index contributed by atoms with van der Waals surface area (Å²) < 4.78 is 0. The molecular formula is C10H20O2. The normalized spacial score (nSPS) is 36.2. The zero-order valence-electron chi connectivity index (χ0n) is 8.63. The van der Waals surface area contributed by atoms with Crippen LogP contribution in [0.25, 0.3) is 0 Å². The molecule has 1 fully saturated rings. The molecule has 0 radical (unpaired) electrons. The number of hydrogen-bond acceptors (Lipinski definition) is 2. The predicted octanol–water partition coefficient (Wildman–Crippen LogP) is 1.41. The topological polar surface area (TPSA) is 40.5 Å². The first-order valence-corrected chi connectivity index (χ1v) is 4.59. The molecule has 2 nitrogen and oxygen atoms in total. The van der Waals surface area contributed by atoms with E-state index in [9.17, 15) is 10.2 Å². The first-order chi connectivity index (χ1) is 5.19. The van der Waals surface area contributed by atoms with E-state index in [0.717, 1.165) is 0 Å². The molecule has 0 heterocycles. The van der Waals surface area contributed by atoms with Crippen LogP contribution in [0.15, 0.2) is 0 Å². The smallest absolute Gasteiger partial charge is 0.0857 e. The van der Waals surface area contributed by atoms with Gasteiger partial charge in [0.2, 0.25) is 0 Å². The largest absolute Gasteiger partial charge is 0.390 e. The summed E-state index contributed by atoms with van der Waals surface area (Å²) in [6.45, 7) is 9.73. The van der Waals surface area contributed by atoms with Crippen LogP contribution in [0.1, 0.15) is 34.6 Å². The lowest BCUT2D eigenvalue weighted by molar-refractivity contribution is -0.0650. The average Bonchev–Trinajstić information content (AvgIpc) is 2.30. The molecule has 0 aromatic carbocycles. The van der Waals surface area contributed by atoms with Gasteiger partial charge in [0.15, 0.2) is 0 Å². The van der Waals surface area contributed by atoms with Crippen molar-refractivity contribution in [1.29, 1.82) is 0 Å². The van der Waals surface area contributed by atoms with Gasteiger partial charge in [0.05, 0.1) is 11.7 Å². The zero-order chi connectivity index (χ0) is 9.73. The summed E-state index contributed by atoms with van der Waals surface area (Å²) >= 11 is 0. The van der Waals surface area contributed by atoms with E-state index in [2.05, 4.69) is 20.8 Å². The highest BCUT2D eigenvalue weighted by atomic mass is 16.3. The molecule has 72 valence electrons. The highest BCUT2D eigenvalue weighted by Gasteiger charge is 2.60. The highest BCUT2D eigenvalue weighted by molar-refractivity contribution is 5.08. The minimum atomic E-state index is -0.966. The second-order valence-electron chi connectivity index (χ2n) is 5.23. The molecule has 1 saturated carbocycles. The Kier molecular flexibility index (Phi) is 2.05. The third-order valence-corrected chi connectivity index (χ3v) is 3.53. The second-order valence-corrected chi connectivity index (χ2v) is 5.23. The predicted molar refractivity (Wildman–Crippen MR) is 48.7 cm³/mol. The Hall–Kier alpha value is -0.0800. The summed E-state index contributed by atoms with van der Waals surface area (Å²) in [5, 5.41) is 19.4. The fourth-order valence-corrected chi connectivity index (χ4v) is 2.06. The number of aliphatic hydroxyl groups excluding tert-OH is 1. The first-order valence-electron chi connectivity index (χ1n) is 4.59. The minimum absolute atomic E-state index is 0.194. The standard InChI is InChI=1S/C10H20O2/c1-6-7(9(6,2)3)8(11)10(4,5)12/h6-8,11-12H,1-5H3. The van der Waals surface area contributed by atoms with Crippen molar-refractivity contribution in [3.63, 3.8) is 0 Å². The maximum atomic E-state index is 9.78. The number of hydrogen-bond donors (Lipinski definition) is 2. The van der Waals surface area contributed by atoms with E-state index in [0.29, 0.717) is 5.92 Å². The Balaban J connectivity index is 2.64. The Morgan fingerprint density at radius 2 is 1.67 bits per heavy atom. The van der Waals surface area contributed by atoms with Gasteiger partial charge in [-0.15, -0.1) is 0 Å². The molecule has 3 atom stereocenters. The minimum Gasteiger partial charge on any atom is -0.390 e. The molecule has 0 aromatic rings. The quantitative estimate of drug-likeness (QED) is 0.661. The van der Waals surface area contributed by atoms with Crippen LogP contribution in [0.3, 0.4) is 0 Å².